The Balaban J connectivity index is 1.95. The van der Waals surface area contributed by atoms with Crippen molar-refractivity contribution in [1.29, 1.82) is 0 Å². The molecule has 0 bridgehead atoms. The molecule has 0 spiro atoms. The zero-order chi connectivity index (χ0) is 14.4. The van der Waals surface area contributed by atoms with Crippen LogP contribution < -0.4 is 10.1 Å². The average molecular weight is 275 g/mol. The molecule has 2 unspecified atom stereocenters. The SMILES string of the molecule is CC(C)Oc1ccccc1CNC1CCCCCC1C. The Morgan fingerprint density at radius 1 is 1.15 bits per heavy atom. The molecule has 1 aromatic carbocycles. The van der Waals surface area contributed by atoms with Gasteiger partial charge in [-0.3, -0.25) is 0 Å². The molecule has 2 rings (SSSR count). The van der Waals surface area contributed by atoms with Gasteiger partial charge in [0.05, 0.1) is 6.10 Å². The average Bonchev–Trinajstić information content (AvgIpc) is 2.62. The maximum absolute atomic E-state index is 5.90. The van der Waals surface area contributed by atoms with Crippen LogP contribution in [0.15, 0.2) is 24.3 Å². The molecule has 2 nitrogen and oxygen atoms in total. The Morgan fingerprint density at radius 3 is 2.70 bits per heavy atom. The predicted octanol–water partition coefficient (Wildman–Crippen LogP) is 4.53. The highest BCUT2D eigenvalue weighted by molar-refractivity contribution is 5.33. The molecule has 1 aromatic rings. The molecule has 0 saturated heterocycles. The van der Waals surface area contributed by atoms with Gasteiger partial charge >= 0.3 is 0 Å². The number of benzene rings is 1. The molecule has 0 amide bonds. The van der Waals surface area contributed by atoms with Crippen LogP contribution in [0.4, 0.5) is 0 Å². The van der Waals surface area contributed by atoms with E-state index in [-0.39, 0.29) is 6.10 Å². The van der Waals surface area contributed by atoms with Gasteiger partial charge in [0.25, 0.3) is 0 Å². The minimum Gasteiger partial charge on any atom is -0.491 e. The zero-order valence-corrected chi connectivity index (χ0v) is 13.2. The fraction of sp³-hybridized carbons (Fsp3) is 0.667. The molecule has 0 radical (unpaired) electrons. The summed E-state index contributed by atoms with van der Waals surface area (Å²) in [7, 11) is 0. The summed E-state index contributed by atoms with van der Waals surface area (Å²) < 4.78 is 5.90. The molecule has 20 heavy (non-hydrogen) atoms. The molecule has 0 aromatic heterocycles. The lowest BCUT2D eigenvalue weighted by atomic mass is 9.97. The van der Waals surface area contributed by atoms with Gasteiger partial charge in [0.2, 0.25) is 0 Å². The summed E-state index contributed by atoms with van der Waals surface area (Å²) in [6.07, 6.45) is 7.07. The highest BCUT2D eigenvalue weighted by Gasteiger charge is 2.19. The van der Waals surface area contributed by atoms with Gasteiger partial charge in [0, 0.05) is 18.2 Å². The Morgan fingerprint density at radius 2 is 1.90 bits per heavy atom. The highest BCUT2D eigenvalue weighted by atomic mass is 16.5. The molecular formula is C18H29NO. The molecule has 1 fully saturated rings. The van der Waals surface area contributed by atoms with E-state index in [1.165, 1.54) is 37.7 Å². The van der Waals surface area contributed by atoms with E-state index < -0.39 is 0 Å². The van der Waals surface area contributed by atoms with Gasteiger partial charge in [-0.1, -0.05) is 44.4 Å². The van der Waals surface area contributed by atoms with Crippen molar-refractivity contribution >= 4 is 0 Å². The van der Waals surface area contributed by atoms with Crippen LogP contribution in [0.25, 0.3) is 0 Å². The van der Waals surface area contributed by atoms with E-state index in [0.29, 0.717) is 6.04 Å². The Bertz CT molecular complexity index is 402. The first kappa shape index (κ1) is 15.4. The summed E-state index contributed by atoms with van der Waals surface area (Å²) in [5.74, 6) is 1.81. The van der Waals surface area contributed by atoms with E-state index >= 15 is 0 Å². The third kappa shape index (κ3) is 4.52. The molecular weight excluding hydrogens is 246 g/mol. The van der Waals surface area contributed by atoms with Crippen molar-refractivity contribution in [2.75, 3.05) is 0 Å². The first-order chi connectivity index (χ1) is 9.66. The van der Waals surface area contributed by atoms with Crippen molar-refractivity contribution in [3.8, 4) is 5.75 Å². The number of hydrogen-bond donors (Lipinski definition) is 1. The molecule has 0 aliphatic heterocycles. The summed E-state index contributed by atoms with van der Waals surface area (Å²) in [5, 5.41) is 3.76. The Hall–Kier alpha value is -1.02. The van der Waals surface area contributed by atoms with Crippen molar-refractivity contribution in [1.82, 2.24) is 5.32 Å². The van der Waals surface area contributed by atoms with Crippen LogP contribution in [0.3, 0.4) is 0 Å². The van der Waals surface area contributed by atoms with Gasteiger partial charge in [-0.25, -0.2) is 0 Å². The van der Waals surface area contributed by atoms with E-state index in [4.69, 9.17) is 4.74 Å². The maximum atomic E-state index is 5.90. The van der Waals surface area contributed by atoms with Crippen LogP contribution in [-0.2, 0) is 6.54 Å². The van der Waals surface area contributed by atoms with Crippen molar-refractivity contribution in [3.63, 3.8) is 0 Å². The second kappa shape index (κ2) is 7.68. The number of para-hydroxylation sites is 1. The monoisotopic (exact) mass is 275 g/mol. The van der Waals surface area contributed by atoms with E-state index in [9.17, 15) is 0 Å². The summed E-state index contributed by atoms with van der Waals surface area (Å²) in [5.41, 5.74) is 1.28. The first-order valence-electron chi connectivity index (χ1n) is 8.14. The van der Waals surface area contributed by atoms with Crippen LogP contribution in [0, 0.1) is 5.92 Å². The fourth-order valence-corrected chi connectivity index (χ4v) is 3.06. The van der Waals surface area contributed by atoms with E-state index in [1.807, 2.05) is 0 Å². The predicted molar refractivity (Wildman–Crippen MR) is 85.1 cm³/mol. The second-order valence-corrected chi connectivity index (χ2v) is 6.38. The minimum absolute atomic E-state index is 0.230. The van der Waals surface area contributed by atoms with Crippen LogP contribution in [0.1, 0.15) is 58.4 Å². The molecule has 2 heteroatoms. The molecule has 2 atom stereocenters. The molecule has 1 saturated carbocycles. The lowest BCUT2D eigenvalue weighted by molar-refractivity contribution is 0.238. The Labute approximate surface area is 123 Å². The molecule has 1 N–H and O–H groups in total. The van der Waals surface area contributed by atoms with Crippen molar-refractivity contribution in [3.05, 3.63) is 29.8 Å². The second-order valence-electron chi connectivity index (χ2n) is 6.38. The van der Waals surface area contributed by atoms with Crippen LogP contribution >= 0.6 is 0 Å². The summed E-state index contributed by atoms with van der Waals surface area (Å²) in [6.45, 7) is 7.46. The van der Waals surface area contributed by atoms with Gasteiger partial charge in [0.15, 0.2) is 0 Å². The number of hydrogen-bond acceptors (Lipinski definition) is 2. The lowest BCUT2D eigenvalue weighted by Gasteiger charge is -2.24. The quantitative estimate of drug-likeness (QED) is 0.797. The normalized spacial score (nSPS) is 23.6. The van der Waals surface area contributed by atoms with E-state index in [2.05, 4.69) is 50.4 Å². The summed E-state index contributed by atoms with van der Waals surface area (Å²) in [4.78, 5) is 0. The minimum atomic E-state index is 0.230. The van der Waals surface area contributed by atoms with Gasteiger partial charge in [-0.2, -0.15) is 0 Å². The standard InChI is InChI=1S/C18H29NO/c1-14(2)20-18-12-8-7-10-16(18)13-19-17-11-6-4-5-9-15(17)3/h7-8,10,12,14-15,17,19H,4-6,9,11,13H2,1-3H3. The third-order valence-corrected chi connectivity index (χ3v) is 4.25. The largest absolute Gasteiger partial charge is 0.491 e. The fourth-order valence-electron chi connectivity index (χ4n) is 3.06. The van der Waals surface area contributed by atoms with E-state index in [0.717, 1.165) is 18.2 Å². The summed E-state index contributed by atoms with van der Waals surface area (Å²) in [6, 6.07) is 9.06. The topological polar surface area (TPSA) is 21.3 Å². The van der Waals surface area contributed by atoms with Crippen LogP contribution in [0.2, 0.25) is 0 Å². The molecule has 1 aliphatic rings. The Kier molecular flexibility index (Phi) is 5.90. The van der Waals surface area contributed by atoms with Crippen molar-refractivity contribution in [2.24, 2.45) is 5.92 Å². The molecule has 0 heterocycles. The van der Waals surface area contributed by atoms with Crippen molar-refractivity contribution in [2.45, 2.75) is 71.6 Å². The van der Waals surface area contributed by atoms with E-state index in [1.54, 1.807) is 0 Å². The molecule has 112 valence electrons. The highest BCUT2D eigenvalue weighted by Crippen LogP contribution is 2.24. The zero-order valence-electron chi connectivity index (χ0n) is 13.2. The maximum Gasteiger partial charge on any atom is 0.124 e. The number of ether oxygens (including phenoxy) is 1. The van der Waals surface area contributed by atoms with Crippen LogP contribution in [0.5, 0.6) is 5.75 Å². The summed E-state index contributed by atoms with van der Waals surface area (Å²) >= 11 is 0. The van der Waals surface area contributed by atoms with Gasteiger partial charge in [0.1, 0.15) is 5.75 Å². The third-order valence-electron chi connectivity index (χ3n) is 4.25. The first-order valence-corrected chi connectivity index (χ1v) is 8.14. The van der Waals surface area contributed by atoms with Gasteiger partial charge in [-0.05, 0) is 38.7 Å². The molecule has 1 aliphatic carbocycles. The lowest BCUT2D eigenvalue weighted by Crippen LogP contribution is -2.33. The van der Waals surface area contributed by atoms with Gasteiger partial charge < -0.3 is 10.1 Å². The smallest absolute Gasteiger partial charge is 0.124 e. The number of nitrogens with one attached hydrogen (secondary N) is 1. The van der Waals surface area contributed by atoms with Gasteiger partial charge in [-0.15, -0.1) is 0 Å². The number of rotatable bonds is 5. The van der Waals surface area contributed by atoms with Crippen molar-refractivity contribution < 1.29 is 4.74 Å². The van der Waals surface area contributed by atoms with Crippen LogP contribution in [-0.4, -0.2) is 12.1 Å².